The molecule has 3 heterocycles. The van der Waals surface area contributed by atoms with E-state index in [0.717, 1.165) is 50.3 Å². The van der Waals surface area contributed by atoms with E-state index in [9.17, 15) is 4.79 Å². The second-order valence-corrected chi connectivity index (χ2v) is 7.29. The van der Waals surface area contributed by atoms with E-state index in [1.165, 1.54) is 0 Å². The van der Waals surface area contributed by atoms with Gasteiger partial charge in [-0.2, -0.15) is 0 Å². The molecule has 1 atom stereocenters. The number of nitrogens with zero attached hydrogens (tertiary/aromatic N) is 3. The van der Waals surface area contributed by atoms with Gasteiger partial charge in [-0.3, -0.25) is 4.98 Å². The van der Waals surface area contributed by atoms with Crippen molar-refractivity contribution in [3.8, 4) is 11.5 Å². The van der Waals surface area contributed by atoms with Gasteiger partial charge in [0.2, 0.25) is 6.79 Å². The minimum Gasteiger partial charge on any atom is -0.454 e. The number of piperidine rings is 1. The lowest BCUT2D eigenvalue weighted by Crippen LogP contribution is -2.50. The lowest BCUT2D eigenvalue weighted by atomic mass is 10.0. The van der Waals surface area contributed by atoms with Gasteiger partial charge >= 0.3 is 6.03 Å². The Kier molecular flexibility index (Phi) is 5.62. The van der Waals surface area contributed by atoms with Crippen LogP contribution in [0, 0.1) is 0 Å². The van der Waals surface area contributed by atoms with Crippen LogP contribution >= 0.6 is 0 Å². The summed E-state index contributed by atoms with van der Waals surface area (Å²) >= 11 is 0. The molecule has 0 aliphatic carbocycles. The molecule has 1 N–H and O–H groups in total. The average Bonchev–Trinajstić information content (AvgIpc) is 3.21. The molecule has 1 fully saturated rings. The summed E-state index contributed by atoms with van der Waals surface area (Å²) in [7, 11) is 2.13. The van der Waals surface area contributed by atoms with E-state index in [-0.39, 0.29) is 12.8 Å². The number of likely N-dealkylation sites (tertiary alicyclic amines) is 1. The minimum atomic E-state index is -0.0679. The van der Waals surface area contributed by atoms with Crippen molar-refractivity contribution in [1.82, 2.24) is 14.8 Å². The van der Waals surface area contributed by atoms with Crippen LogP contribution < -0.4 is 14.8 Å². The highest BCUT2D eigenvalue weighted by Crippen LogP contribution is 2.34. The van der Waals surface area contributed by atoms with Crippen molar-refractivity contribution >= 4 is 11.7 Å². The van der Waals surface area contributed by atoms with Crippen LogP contribution in [0.2, 0.25) is 0 Å². The van der Waals surface area contributed by atoms with Crippen LogP contribution in [0.3, 0.4) is 0 Å². The number of urea groups is 1. The number of carbonyl (C=O) groups excluding carboxylic acids is 1. The first-order chi connectivity index (χ1) is 13.7. The van der Waals surface area contributed by atoms with Gasteiger partial charge in [0.25, 0.3) is 0 Å². The smallest absolute Gasteiger partial charge is 0.321 e. The minimum absolute atomic E-state index is 0.0679. The maximum Gasteiger partial charge on any atom is 0.321 e. The average molecular weight is 382 g/mol. The predicted molar refractivity (Wildman–Crippen MR) is 107 cm³/mol. The van der Waals surface area contributed by atoms with Gasteiger partial charge < -0.3 is 24.6 Å². The SMILES string of the molecule is CN(CCc1ccccn1)[C@@H]1CCCN(C(=O)Nc2ccc3c(c2)OCO3)C1. The van der Waals surface area contributed by atoms with Gasteiger partial charge in [0.05, 0.1) is 0 Å². The second-order valence-electron chi connectivity index (χ2n) is 7.29. The van der Waals surface area contributed by atoms with E-state index in [4.69, 9.17) is 9.47 Å². The lowest BCUT2D eigenvalue weighted by molar-refractivity contribution is 0.133. The van der Waals surface area contributed by atoms with E-state index in [2.05, 4.69) is 28.3 Å². The zero-order valence-electron chi connectivity index (χ0n) is 16.1. The Bertz CT molecular complexity index is 815. The Morgan fingerprint density at radius 3 is 3.04 bits per heavy atom. The standard InChI is InChI=1S/C21H26N4O3/c1-24(12-9-16-5-2-3-10-22-16)18-6-4-11-25(14-18)21(26)23-17-7-8-19-20(13-17)28-15-27-19/h2-3,5,7-8,10,13,18H,4,6,9,11-12,14-15H2,1H3,(H,23,26)/t18-/m1/s1. The van der Waals surface area contributed by atoms with Gasteiger partial charge in [-0.15, -0.1) is 0 Å². The number of benzene rings is 1. The predicted octanol–water partition coefficient (Wildman–Crippen LogP) is 2.98. The summed E-state index contributed by atoms with van der Waals surface area (Å²) in [6, 6.07) is 11.8. The summed E-state index contributed by atoms with van der Waals surface area (Å²) in [4.78, 5) is 21.4. The Morgan fingerprint density at radius 1 is 1.29 bits per heavy atom. The van der Waals surface area contributed by atoms with Crippen molar-refractivity contribution in [3.05, 3.63) is 48.3 Å². The van der Waals surface area contributed by atoms with Gasteiger partial charge in [-0.25, -0.2) is 4.79 Å². The zero-order chi connectivity index (χ0) is 19.3. The number of likely N-dealkylation sites (N-methyl/N-ethyl adjacent to an activating group) is 1. The van der Waals surface area contributed by atoms with Crippen LogP contribution in [0.4, 0.5) is 10.5 Å². The van der Waals surface area contributed by atoms with Crippen LogP contribution in [0.25, 0.3) is 0 Å². The number of hydrogen-bond acceptors (Lipinski definition) is 5. The van der Waals surface area contributed by atoms with Crippen LogP contribution in [0.5, 0.6) is 11.5 Å². The molecular formula is C21H26N4O3. The molecule has 1 aromatic carbocycles. The van der Waals surface area contributed by atoms with Crippen molar-refractivity contribution in [3.63, 3.8) is 0 Å². The summed E-state index contributed by atoms with van der Waals surface area (Å²) in [5.41, 5.74) is 1.82. The molecule has 148 valence electrons. The monoisotopic (exact) mass is 382 g/mol. The molecule has 28 heavy (non-hydrogen) atoms. The fourth-order valence-corrected chi connectivity index (χ4v) is 3.70. The molecule has 1 saturated heterocycles. The second kappa shape index (κ2) is 8.48. The van der Waals surface area contributed by atoms with Crippen molar-refractivity contribution < 1.29 is 14.3 Å². The van der Waals surface area contributed by atoms with Crippen LogP contribution in [-0.4, -0.2) is 60.3 Å². The van der Waals surface area contributed by atoms with E-state index in [1.807, 2.05) is 35.4 Å². The highest BCUT2D eigenvalue weighted by Gasteiger charge is 2.26. The Hall–Kier alpha value is -2.80. The van der Waals surface area contributed by atoms with Crippen molar-refractivity contribution in [2.24, 2.45) is 0 Å². The maximum atomic E-state index is 12.7. The number of pyridine rings is 1. The molecule has 0 unspecified atom stereocenters. The highest BCUT2D eigenvalue weighted by molar-refractivity contribution is 5.89. The normalized spacial score (nSPS) is 18.4. The molecule has 0 bridgehead atoms. The van der Waals surface area contributed by atoms with Crippen LogP contribution in [-0.2, 0) is 6.42 Å². The lowest BCUT2D eigenvalue weighted by Gasteiger charge is -2.37. The number of amides is 2. The number of ether oxygens (including phenoxy) is 2. The number of aromatic nitrogens is 1. The molecule has 2 aromatic rings. The molecule has 7 heteroatoms. The Labute approximate surface area is 165 Å². The molecular weight excluding hydrogens is 356 g/mol. The molecule has 2 amide bonds. The zero-order valence-corrected chi connectivity index (χ0v) is 16.1. The van der Waals surface area contributed by atoms with Gasteiger partial charge in [-0.1, -0.05) is 6.07 Å². The van der Waals surface area contributed by atoms with Gasteiger partial charge in [0, 0.05) is 55.7 Å². The number of anilines is 1. The Balaban J connectivity index is 1.30. The van der Waals surface area contributed by atoms with E-state index in [0.29, 0.717) is 17.5 Å². The summed E-state index contributed by atoms with van der Waals surface area (Å²) < 4.78 is 10.7. The van der Waals surface area contributed by atoms with Gasteiger partial charge in [-0.05, 0) is 44.2 Å². The number of nitrogens with one attached hydrogen (secondary N) is 1. The molecule has 0 spiro atoms. The van der Waals surface area contributed by atoms with Crippen molar-refractivity contribution in [2.75, 3.05) is 38.8 Å². The van der Waals surface area contributed by atoms with Gasteiger partial charge in [0.1, 0.15) is 0 Å². The van der Waals surface area contributed by atoms with E-state index >= 15 is 0 Å². The summed E-state index contributed by atoms with van der Waals surface area (Å²) in [6.07, 6.45) is 4.86. The third-order valence-electron chi connectivity index (χ3n) is 5.38. The maximum absolute atomic E-state index is 12.7. The summed E-state index contributed by atoms with van der Waals surface area (Å²) in [5.74, 6) is 1.38. The largest absolute Gasteiger partial charge is 0.454 e. The van der Waals surface area contributed by atoms with Crippen molar-refractivity contribution in [1.29, 1.82) is 0 Å². The van der Waals surface area contributed by atoms with Crippen LogP contribution in [0.15, 0.2) is 42.6 Å². The fourth-order valence-electron chi connectivity index (χ4n) is 3.70. The third kappa shape index (κ3) is 4.36. The quantitative estimate of drug-likeness (QED) is 0.861. The van der Waals surface area contributed by atoms with E-state index < -0.39 is 0 Å². The molecule has 0 saturated carbocycles. The van der Waals surface area contributed by atoms with Crippen molar-refractivity contribution in [2.45, 2.75) is 25.3 Å². The first-order valence-corrected chi connectivity index (χ1v) is 9.75. The first kappa shape index (κ1) is 18.6. The molecule has 2 aliphatic heterocycles. The fraction of sp³-hybridized carbons (Fsp3) is 0.429. The topological polar surface area (TPSA) is 66.9 Å². The number of carbonyl (C=O) groups is 1. The van der Waals surface area contributed by atoms with E-state index in [1.54, 1.807) is 6.07 Å². The molecule has 4 rings (SSSR count). The molecule has 2 aliphatic rings. The molecule has 0 radical (unpaired) electrons. The highest BCUT2D eigenvalue weighted by atomic mass is 16.7. The molecule has 7 nitrogen and oxygen atoms in total. The van der Waals surface area contributed by atoms with Crippen LogP contribution in [0.1, 0.15) is 18.5 Å². The number of hydrogen-bond donors (Lipinski definition) is 1. The van der Waals surface area contributed by atoms with Gasteiger partial charge in [0.15, 0.2) is 11.5 Å². The Morgan fingerprint density at radius 2 is 2.18 bits per heavy atom. The number of rotatable bonds is 5. The summed E-state index contributed by atoms with van der Waals surface area (Å²) in [6.45, 7) is 2.67. The third-order valence-corrected chi connectivity index (χ3v) is 5.38. The summed E-state index contributed by atoms with van der Waals surface area (Å²) in [5, 5.41) is 2.98. The number of fused-ring (bicyclic) bond motifs is 1. The molecule has 1 aromatic heterocycles. The first-order valence-electron chi connectivity index (χ1n) is 9.75.